The first-order valence-electron chi connectivity index (χ1n) is 7.31. The van der Waals surface area contributed by atoms with Gasteiger partial charge in [0, 0.05) is 18.1 Å². The number of nitrogens with zero attached hydrogens (tertiary/aromatic N) is 3. The molecule has 1 aliphatic rings. The predicted molar refractivity (Wildman–Crippen MR) is 80.0 cm³/mol. The van der Waals surface area contributed by atoms with Crippen molar-refractivity contribution < 1.29 is 0 Å². The number of nitrogens with one attached hydrogen (secondary N) is 1. The fourth-order valence-corrected chi connectivity index (χ4v) is 2.81. The standard InChI is InChI=1S/C14H27N5/c1-9(2)18-14(13(15)12(5)16-18)17-19-10(3)7-6-8-11(19)4/h9-11,17H,6-8,15H2,1-5H3. The predicted octanol–water partition coefficient (Wildman–Crippen LogP) is 2.94. The Morgan fingerprint density at radius 2 is 1.84 bits per heavy atom. The van der Waals surface area contributed by atoms with Crippen molar-refractivity contribution in [1.82, 2.24) is 14.8 Å². The Hall–Kier alpha value is -1.23. The van der Waals surface area contributed by atoms with E-state index in [1.165, 1.54) is 19.3 Å². The fourth-order valence-electron chi connectivity index (χ4n) is 2.81. The largest absolute Gasteiger partial charge is 0.394 e. The molecule has 1 aliphatic heterocycles. The zero-order valence-electron chi connectivity index (χ0n) is 12.8. The Bertz CT molecular complexity index is 427. The first-order valence-corrected chi connectivity index (χ1v) is 7.31. The van der Waals surface area contributed by atoms with Crippen LogP contribution in [0.4, 0.5) is 11.5 Å². The summed E-state index contributed by atoms with van der Waals surface area (Å²) in [4.78, 5) is 0. The average molecular weight is 265 g/mol. The third-order valence-corrected chi connectivity index (χ3v) is 4.05. The molecule has 0 aromatic carbocycles. The molecule has 0 spiro atoms. The summed E-state index contributed by atoms with van der Waals surface area (Å²) >= 11 is 0. The van der Waals surface area contributed by atoms with E-state index in [4.69, 9.17) is 5.73 Å². The molecule has 2 heterocycles. The summed E-state index contributed by atoms with van der Waals surface area (Å²) in [6.45, 7) is 10.7. The summed E-state index contributed by atoms with van der Waals surface area (Å²) in [6, 6.07) is 1.35. The monoisotopic (exact) mass is 265 g/mol. The highest BCUT2D eigenvalue weighted by Crippen LogP contribution is 2.29. The number of nitrogen functional groups attached to an aromatic ring is 1. The van der Waals surface area contributed by atoms with Crippen molar-refractivity contribution in [2.45, 2.75) is 72.0 Å². The average Bonchev–Trinajstić information content (AvgIpc) is 2.62. The lowest BCUT2D eigenvalue weighted by molar-refractivity contribution is 0.134. The lowest BCUT2D eigenvalue weighted by Gasteiger charge is -2.39. The molecule has 0 amide bonds. The number of aromatic nitrogens is 2. The van der Waals surface area contributed by atoms with E-state index < -0.39 is 0 Å². The minimum absolute atomic E-state index is 0.300. The molecule has 0 bridgehead atoms. The molecule has 2 atom stereocenters. The SMILES string of the molecule is Cc1nn(C(C)C)c(NN2C(C)CCCC2C)c1N. The number of aryl methyl sites for hydroxylation is 1. The van der Waals surface area contributed by atoms with Gasteiger partial charge < -0.3 is 11.2 Å². The number of rotatable bonds is 3. The highest BCUT2D eigenvalue weighted by Gasteiger charge is 2.27. The number of anilines is 2. The molecule has 19 heavy (non-hydrogen) atoms. The van der Waals surface area contributed by atoms with Crippen LogP contribution in [0.25, 0.3) is 0 Å². The van der Waals surface area contributed by atoms with E-state index in [2.05, 4.69) is 43.2 Å². The second-order valence-corrected chi connectivity index (χ2v) is 6.03. The van der Waals surface area contributed by atoms with Crippen LogP contribution in [0.5, 0.6) is 0 Å². The van der Waals surface area contributed by atoms with Gasteiger partial charge in [-0.25, -0.2) is 9.69 Å². The molecule has 0 aliphatic carbocycles. The topological polar surface area (TPSA) is 59.1 Å². The van der Waals surface area contributed by atoms with Crippen LogP contribution in [0.2, 0.25) is 0 Å². The minimum atomic E-state index is 0.300. The first-order chi connectivity index (χ1) is 8.91. The van der Waals surface area contributed by atoms with Crippen molar-refractivity contribution in [3.05, 3.63) is 5.69 Å². The maximum absolute atomic E-state index is 6.18. The molecular weight excluding hydrogens is 238 g/mol. The van der Waals surface area contributed by atoms with Crippen LogP contribution in [-0.2, 0) is 0 Å². The van der Waals surface area contributed by atoms with Crippen LogP contribution in [0.1, 0.15) is 58.7 Å². The molecule has 108 valence electrons. The molecule has 1 saturated heterocycles. The van der Waals surface area contributed by atoms with Gasteiger partial charge in [0.05, 0.1) is 11.4 Å². The molecule has 5 heteroatoms. The van der Waals surface area contributed by atoms with Gasteiger partial charge in [0.1, 0.15) is 0 Å². The summed E-state index contributed by atoms with van der Waals surface area (Å²) in [7, 11) is 0. The molecule has 5 nitrogen and oxygen atoms in total. The quantitative estimate of drug-likeness (QED) is 0.882. The van der Waals surface area contributed by atoms with E-state index in [0.717, 1.165) is 17.2 Å². The van der Waals surface area contributed by atoms with Gasteiger partial charge in [-0.3, -0.25) is 0 Å². The Morgan fingerprint density at radius 1 is 1.26 bits per heavy atom. The zero-order valence-corrected chi connectivity index (χ0v) is 12.8. The fraction of sp³-hybridized carbons (Fsp3) is 0.786. The van der Waals surface area contributed by atoms with Crippen molar-refractivity contribution in [2.24, 2.45) is 0 Å². The van der Waals surface area contributed by atoms with E-state index in [1.807, 2.05) is 11.6 Å². The number of hydrogen-bond acceptors (Lipinski definition) is 4. The van der Waals surface area contributed by atoms with Gasteiger partial charge in [0.15, 0.2) is 5.82 Å². The van der Waals surface area contributed by atoms with Gasteiger partial charge in [-0.05, 0) is 47.5 Å². The van der Waals surface area contributed by atoms with E-state index in [-0.39, 0.29) is 0 Å². The van der Waals surface area contributed by atoms with Crippen molar-refractivity contribution in [1.29, 1.82) is 0 Å². The van der Waals surface area contributed by atoms with Gasteiger partial charge >= 0.3 is 0 Å². The molecule has 1 aromatic rings. The first kappa shape index (κ1) is 14.2. The molecule has 1 fully saturated rings. The van der Waals surface area contributed by atoms with Crippen molar-refractivity contribution in [3.8, 4) is 0 Å². The van der Waals surface area contributed by atoms with Crippen LogP contribution >= 0.6 is 0 Å². The lowest BCUT2D eigenvalue weighted by atomic mass is 10.00. The third-order valence-electron chi connectivity index (χ3n) is 4.05. The number of hydrazine groups is 1. The van der Waals surface area contributed by atoms with Gasteiger partial charge in [0.2, 0.25) is 0 Å². The summed E-state index contributed by atoms with van der Waals surface area (Å²) < 4.78 is 1.98. The Balaban J connectivity index is 2.27. The molecule has 3 N–H and O–H groups in total. The van der Waals surface area contributed by atoms with E-state index in [0.29, 0.717) is 18.1 Å². The number of piperidine rings is 1. The molecule has 0 saturated carbocycles. The minimum Gasteiger partial charge on any atom is -0.394 e. The molecule has 0 radical (unpaired) electrons. The second kappa shape index (κ2) is 5.41. The van der Waals surface area contributed by atoms with Crippen LogP contribution < -0.4 is 11.2 Å². The van der Waals surface area contributed by atoms with Crippen LogP contribution in [0.3, 0.4) is 0 Å². The normalized spacial score (nSPS) is 24.9. The Labute approximate surface area is 116 Å². The number of hydrogen-bond donors (Lipinski definition) is 2. The smallest absolute Gasteiger partial charge is 0.162 e. The molecule has 2 rings (SSSR count). The molecule has 1 aromatic heterocycles. The highest BCUT2D eigenvalue weighted by molar-refractivity contribution is 5.64. The third kappa shape index (κ3) is 2.71. The van der Waals surface area contributed by atoms with Crippen LogP contribution in [-0.4, -0.2) is 26.9 Å². The maximum atomic E-state index is 6.18. The Morgan fingerprint density at radius 3 is 2.37 bits per heavy atom. The van der Waals surface area contributed by atoms with E-state index in [1.54, 1.807) is 0 Å². The van der Waals surface area contributed by atoms with Crippen LogP contribution in [0.15, 0.2) is 0 Å². The van der Waals surface area contributed by atoms with Gasteiger partial charge in [0.25, 0.3) is 0 Å². The zero-order chi connectivity index (χ0) is 14.2. The second-order valence-electron chi connectivity index (χ2n) is 6.03. The van der Waals surface area contributed by atoms with E-state index in [9.17, 15) is 0 Å². The summed E-state index contributed by atoms with van der Waals surface area (Å²) in [5.74, 6) is 0.938. The molecule has 2 unspecified atom stereocenters. The van der Waals surface area contributed by atoms with Crippen molar-refractivity contribution in [2.75, 3.05) is 11.2 Å². The lowest BCUT2D eigenvalue weighted by Crippen LogP contribution is -2.47. The number of nitrogens with two attached hydrogens (primary N) is 1. The highest BCUT2D eigenvalue weighted by atomic mass is 15.6. The van der Waals surface area contributed by atoms with Crippen LogP contribution in [0, 0.1) is 6.92 Å². The summed E-state index contributed by atoms with van der Waals surface area (Å²) in [6.07, 6.45) is 3.76. The van der Waals surface area contributed by atoms with Gasteiger partial charge in [-0.2, -0.15) is 5.10 Å². The van der Waals surface area contributed by atoms with Crippen molar-refractivity contribution in [3.63, 3.8) is 0 Å². The van der Waals surface area contributed by atoms with Gasteiger partial charge in [-0.1, -0.05) is 6.42 Å². The Kier molecular flexibility index (Phi) is 4.04. The van der Waals surface area contributed by atoms with Gasteiger partial charge in [-0.15, -0.1) is 0 Å². The summed E-state index contributed by atoms with van der Waals surface area (Å²) in [5, 5.41) is 6.86. The maximum Gasteiger partial charge on any atom is 0.162 e. The van der Waals surface area contributed by atoms with Crippen molar-refractivity contribution >= 4 is 11.5 Å². The van der Waals surface area contributed by atoms with E-state index >= 15 is 0 Å². The molecular formula is C14H27N5. The summed E-state index contributed by atoms with van der Waals surface area (Å²) in [5.41, 5.74) is 11.4.